The third-order valence-corrected chi connectivity index (χ3v) is 3.13. The first-order valence-corrected chi connectivity index (χ1v) is 6.76. The van der Waals surface area contributed by atoms with Crippen LogP contribution in [0.1, 0.15) is 21.6 Å². The molecule has 2 rings (SSSR count). The summed E-state index contributed by atoms with van der Waals surface area (Å²) in [7, 11) is 0. The lowest BCUT2D eigenvalue weighted by atomic mass is 10.1. The van der Waals surface area contributed by atoms with Gasteiger partial charge in [0.05, 0.1) is 17.5 Å². The third kappa shape index (κ3) is 4.18. The van der Waals surface area contributed by atoms with Gasteiger partial charge in [0.1, 0.15) is 0 Å². The molecule has 0 radical (unpaired) electrons. The fourth-order valence-electron chi connectivity index (χ4n) is 2.00. The molecule has 0 saturated carbocycles. The number of benzene rings is 1. The summed E-state index contributed by atoms with van der Waals surface area (Å²) in [5.74, 6) is -0.842. The molecule has 0 unspecified atom stereocenters. The molecule has 122 valence electrons. The zero-order valence-corrected chi connectivity index (χ0v) is 12.2. The second-order valence-corrected chi connectivity index (χ2v) is 4.86. The number of nitrogens with zero attached hydrogens (tertiary/aromatic N) is 2. The van der Waals surface area contributed by atoms with Gasteiger partial charge in [0.25, 0.3) is 11.5 Å². The van der Waals surface area contributed by atoms with E-state index in [2.05, 4.69) is 10.3 Å². The molecule has 2 aromatic rings. The van der Waals surface area contributed by atoms with E-state index in [0.717, 1.165) is 12.1 Å². The predicted octanol–water partition coefficient (Wildman–Crippen LogP) is 2.00. The Morgan fingerprint density at radius 3 is 2.65 bits per heavy atom. The highest BCUT2D eigenvalue weighted by molar-refractivity contribution is 5.95. The lowest BCUT2D eigenvalue weighted by Crippen LogP contribution is -2.32. The van der Waals surface area contributed by atoms with E-state index in [-0.39, 0.29) is 18.6 Å². The average molecular weight is 325 g/mol. The third-order valence-electron chi connectivity index (χ3n) is 3.13. The summed E-state index contributed by atoms with van der Waals surface area (Å²) >= 11 is 0. The van der Waals surface area contributed by atoms with Crippen molar-refractivity contribution in [3.63, 3.8) is 0 Å². The van der Waals surface area contributed by atoms with Crippen LogP contribution in [0.25, 0.3) is 0 Å². The molecular weight excluding hydrogens is 311 g/mol. The Kier molecular flexibility index (Phi) is 4.83. The molecule has 1 amide bonds. The number of hydrogen-bond acceptors (Lipinski definition) is 3. The van der Waals surface area contributed by atoms with Crippen LogP contribution in [0.3, 0.4) is 0 Å². The number of hydrogen-bond donors (Lipinski definition) is 1. The minimum atomic E-state index is -4.61. The van der Waals surface area contributed by atoms with Crippen LogP contribution in [0.2, 0.25) is 0 Å². The molecule has 5 nitrogen and oxygen atoms in total. The summed E-state index contributed by atoms with van der Waals surface area (Å²) in [6.07, 6.45) is -3.28. The molecule has 0 aliphatic heterocycles. The van der Waals surface area contributed by atoms with Crippen molar-refractivity contribution >= 4 is 5.91 Å². The topological polar surface area (TPSA) is 64.0 Å². The fraction of sp³-hybridized carbons (Fsp3) is 0.267. The molecule has 0 bridgehead atoms. The van der Waals surface area contributed by atoms with Crippen molar-refractivity contribution in [3.8, 4) is 0 Å². The van der Waals surface area contributed by atoms with Gasteiger partial charge in [-0.25, -0.2) is 4.98 Å². The van der Waals surface area contributed by atoms with E-state index in [1.807, 2.05) is 0 Å². The second kappa shape index (κ2) is 6.64. The summed E-state index contributed by atoms with van der Waals surface area (Å²) in [4.78, 5) is 27.5. The van der Waals surface area contributed by atoms with E-state index in [4.69, 9.17) is 0 Å². The highest BCUT2D eigenvalue weighted by Crippen LogP contribution is 2.31. The molecular formula is C15H14F3N3O2. The van der Waals surface area contributed by atoms with Gasteiger partial charge in [0, 0.05) is 24.8 Å². The summed E-state index contributed by atoms with van der Waals surface area (Å²) in [6, 6.07) is 5.87. The number of aryl methyl sites for hydroxylation is 1. The fourth-order valence-corrected chi connectivity index (χ4v) is 2.00. The Hall–Kier alpha value is -2.64. The van der Waals surface area contributed by atoms with Gasteiger partial charge in [-0.05, 0) is 19.1 Å². The normalized spacial score (nSPS) is 11.3. The van der Waals surface area contributed by atoms with Gasteiger partial charge in [-0.3, -0.25) is 14.2 Å². The largest absolute Gasteiger partial charge is 0.417 e. The number of carbonyl (C=O) groups is 1. The lowest BCUT2D eigenvalue weighted by molar-refractivity contribution is -0.137. The van der Waals surface area contributed by atoms with E-state index in [1.54, 1.807) is 6.92 Å². The minimum absolute atomic E-state index is 0.00960. The molecule has 1 heterocycles. The van der Waals surface area contributed by atoms with Crippen molar-refractivity contribution in [2.24, 2.45) is 0 Å². The minimum Gasteiger partial charge on any atom is -0.350 e. The monoisotopic (exact) mass is 325 g/mol. The number of carbonyl (C=O) groups excluding carboxylic acids is 1. The van der Waals surface area contributed by atoms with Crippen LogP contribution >= 0.6 is 0 Å². The quantitative estimate of drug-likeness (QED) is 0.935. The molecule has 23 heavy (non-hydrogen) atoms. The molecule has 1 N–H and O–H groups in total. The summed E-state index contributed by atoms with van der Waals surface area (Å²) in [5, 5.41) is 2.38. The molecule has 8 heteroatoms. The van der Waals surface area contributed by atoms with Crippen molar-refractivity contribution in [1.82, 2.24) is 14.9 Å². The Bertz CT molecular complexity index is 769. The smallest absolute Gasteiger partial charge is 0.350 e. The number of rotatable bonds is 4. The average Bonchev–Trinajstić information content (AvgIpc) is 2.48. The summed E-state index contributed by atoms with van der Waals surface area (Å²) in [6.45, 7) is 1.79. The highest BCUT2D eigenvalue weighted by atomic mass is 19.4. The van der Waals surface area contributed by atoms with Crippen LogP contribution in [-0.4, -0.2) is 22.0 Å². The van der Waals surface area contributed by atoms with Crippen molar-refractivity contribution in [2.45, 2.75) is 19.6 Å². The van der Waals surface area contributed by atoms with Crippen LogP contribution in [0, 0.1) is 6.92 Å². The van der Waals surface area contributed by atoms with Gasteiger partial charge < -0.3 is 5.32 Å². The van der Waals surface area contributed by atoms with E-state index in [9.17, 15) is 22.8 Å². The van der Waals surface area contributed by atoms with Crippen LogP contribution in [0.5, 0.6) is 0 Å². The second-order valence-electron chi connectivity index (χ2n) is 4.86. The Morgan fingerprint density at radius 1 is 1.30 bits per heavy atom. The number of alkyl halides is 3. The maximum absolute atomic E-state index is 12.9. The number of nitrogens with one attached hydrogen (secondary N) is 1. The molecule has 0 saturated heterocycles. The molecule has 1 aromatic heterocycles. The Balaban J connectivity index is 2.05. The maximum Gasteiger partial charge on any atom is 0.417 e. The predicted molar refractivity (Wildman–Crippen MR) is 77.0 cm³/mol. The van der Waals surface area contributed by atoms with Gasteiger partial charge in [0.2, 0.25) is 0 Å². The van der Waals surface area contributed by atoms with Crippen LogP contribution in [0.4, 0.5) is 13.2 Å². The first-order valence-electron chi connectivity index (χ1n) is 6.76. The van der Waals surface area contributed by atoms with Gasteiger partial charge in [0.15, 0.2) is 0 Å². The Labute approximate surface area is 129 Å². The number of amides is 1. The van der Waals surface area contributed by atoms with Crippen LogP contribution < -0.4 is 10.9 Å². The van der Waals surface area contributed by atoms with Crippen molar-refractivity contribution in [1.29, 1.82) is 0 Å². The van der Waals surface area contributed by atoms with Gasteiger partial charge in [-0.1, -0.05) is 12.1 Å². The van der Waals surface area contributed by atoms with Crippen molar-refractivity contribution < 1.29 is 18.0 Å². The summed E-state index contributed by atoms with van der Waals surface area (Å²) < 4.78 is 39.8. The SMILES string of the molecule is Cc1cc(=O)n(CCNC(=O)c2ccccc2C(F)(F)F)cn1. The van der Waals surface area contributed by atoms with Gasteiger partial charge in [-0.15, -0.1) is 0 Å². The van der Waals surface area contributed by atoms with Gasteiger partial charge >= 0.3 is 6.18 Å². The Morgan fingerprint density at radius 2 is 2.00 bits per heavy atom. The first-order chi connectivity index (χ1) is 10.8. The number of aromatic nitrogens is 2. The van der Waals surface area contributed by atoms with E-state index in [0.29, 0.717) is 5.69 Å². The first kappa shape index (κ1) is 16.7. The lowest BCUT2D eigenvalue weighted by Gasteiger charge is -2.13. The molecule has 0 aliphatic rings. The zero-order valence-electron chi connectivity index (χ0n) is 12.2. The molecule has 0 fully saturated rings. The van der Waals surface area contributed by atoms with E-state index < -0.39 is 23.2 Å². The number of halogens is 3. The molecule has 1 aromatic carbocycles. The molecule has 0 aliphatic carbocycles. The molecule has 0 atom stereocenters. The highest BCUT2D eigenvalue weighted by Gasteiger charge is 2.34. The van der Waals surface area contributed by atoms with Crippen molar-refractivity contribution in [3.05, 3.63) is 63.8 Å². The zero-order chi connectivity index (χ0) is 17.0. The van der Waals surface area contributed by atoms with E-state index >= 15 is 0 Å². The van der Waals surface area contributed by atoms with Crippen LogP contribution in [0.15, 0.2) is 41.5 Å². The van der Waals surface area contributed by atoms with Gasteiger partial charge in [-0.2, -0.15) is 13.2 Å². The standard InChI is InChI=1S/C15H14F3N3O2/c1-10-8-13(22)21(9-20-10)7-6-19-14(23)11-4-2-3-5-12(11)15(16,17)18/h2-5,8-9H,6-7H2,1H3,(H,19,23). The maximum atomic E-state index is 12.9. The summed E-state index contributed by atoms with van der Waals surface area (Å²) in [5.41, 5.74) is -1.17. The molecule has 0 spiro atoms. The van der Waals surface area contributed by atoms with Crippen LogP contribution in [-0.2, 0) is 12.7 Å². The van der Waals surface area contributed by atoms with Crippen molar-refractivity contribution in [2.75, 3.05) is 6.54 Å². The van der Waals surface area contributed by atoms with E-state index in [1.165, 1.54) is 29.1 Å².